The predicted molar refractivity (Wildman–Crippen MR) is 107 cm³/mol. The maximum Gasteiger partial charge on any atom is 0.261 e. The van der Waals surface area contributed by atoms with Gasteiger partial charge in [-0.1, -0.05) is 12.1 Å². The summed E-state index contributed by atoms with van der Waals surface area (Å²) >= 11 is 1.37. The summed E-state index contributed by atoms with van der Waals surface area (Å²) < 4.78 is 0. The van der Waals surface area contributed by atoms with Crippen molar-refractivity contribution in [1.29, 1.82) is 0 Å². The third kappa shape index (κ3) is 5.37. The quantitative estimate of drug-likeness (QED) is 0.800. The number of hydrogen-bond donors (Lipinski definition) is 2. The lowest BCUT2D eigenvalue weighted by Gasteiger charge is -2.33. The number of nitrogens with one attached hydrogen (secondary N) is 2. The Hall–Kier alpha value is -2.25. The maximum atomic E-state index is 13.2. The van der Waals surface area contributed by atoms with Crippen molar-refractivity contribution in [3.8, 4) is 0 Å². The van der Waals surface area contributed by atoms with Gasteiger partial charge in [-0.3, -0.25) is 14.6 Å². The fourth-order valence-corrected chi connectivity index (χ4v) is 3.98. The molecular weight excluding hydrogens is 360 g/mol. The minimum absolute atomic E-state index is 0.0579. The number of nitrogens with zero attached hydrogens (tertiary/aromatic N) is 2. The van der Waals surface area contributed by atoms with Gasteiger partial charge in [0.1, 0.15) is 6.04 Å². The lowest BCUT2D eigenvalue weighted by atomic mass is 10.1. The van der Waals surface area contributed by atoms with Gasteiger partial charge >= 0.3 is 0 Å². The normalized spacial score (nSPS) is 18.3. The van der Waals surface area contributed by atoms with Gasteiger partial charge in [0, 0.05) is 12.2 Å². The Bertz CT molecular complexity index is 728. The molecule has 0 radical (unpaired) electrons. The van der Waals surface area contributed by atoms with Crippen LogP contribution in [0, 0.1) is 0 Å². The van der Waals surface area contributed by atoms with Gasteiger partial charge in [0.15, 0.2) is 0 Å². The third-order valence-corrected chi connectivity index (χ3v) is 5.66. The minimum Gasteiger partial charge on any atom is -0.340 e. The molecule has 0 aromatic carbocycles. The number of carbonyl (C=O) groups excluding carboxylic acids is 2. The molecule has 2 aromatic rings. The molecule has 7 heteroatoms. The van der Waals surface area contributed by atoms with Crippen molar-refractivity contribution in [2.24, 2.45) is 0 Å². The first-order valence-corrected chi connectivity index (χ1v) is 10.3. The topological polar surface area (TPSA) is 74.3 Å². The smallest absolute Gasteiger partial charge is 0.261 e. The number of pyridine rings is 1. The fourth-order valence-electron chi connectivity index (χ4n) is 3.35. The van der Waals surface area contributed by atoms with Crippen molar-refractivity contribution in [2.45, 2.75) is 44.8 Å². The van der Waals surface area contributed by atoms with E-state index in [1.54, 1.807) is 19.2 Å². The molecule has 1 aliphatic rings. The fraction of sp³-hybridized carbons (Fsp3) is 0.450. The highest BCUT2D eigenvalue weighted by Gasteiger charge is 2.29. The third-order valence-electron chi connectivity index (χ3n) is 4.79. The number of rotatable bonds is 6. The van der Waals surface area contributed by atoms with Crippen LogP contribution in [-0.2, 0) is 11.3 Å². The molecule has 1 saturated heterocycles. The van der Waals surface area contributed by atoms with E-state index in [1.807, 2.05) is 34.5 Å². The van der Waals surface area contributed by atoms with E-state index >= 15 is 0 Å². The summed E-state index contributed by atoms with van der Waals surface area (Å²) in [7, 11) is 0. The molecule has 27 heavy (non-hydrogen) atoms. The van der Waals surface area contributed by atoms with Gasteiger partial charge in [-0.25, -0.2) is 0 Å². The van der Waals surface area contributed by atoms with Crippen LogP contribution in [0.4, 0.5) is 0 Å². The Kier molecular flexibility index (Phi) is 6.95. The van der Waals surface area contributed by atoms with Crippen LogP contribution in [0.25, 0.3) is 0 Å². The van der Waals surface area contributed by atoms with Gasteiger partial charge < -0.3 is 15.5 Å². The van der Waals surface area contributed by atoms with Gasteiger partial charge in [0.05, 0.1) is 17.1 Å². The second kappa shape index (κ2) is 9.62. The van der Waals surface area contributed by atoms with Crippen molar-refractivity contribution in [1.82, 2.24) is 20.5 Å². The molecule has 2 N–H and O–H groups in total. The maximum absolute atomic E-state index is 13.2. The van der Waals surface area contributed by atoms with E-state index < -0.39 is 6.04 Å². The Labute approximate surface area is 164 Å². The summed E-state index contributed by atoms with van der Waals surface area (Å²) in [6.07, 6.45) is 4.64. The molecule has 0 saturated carbocycles. The van der Waals surface area contributed by atoms with Crippen LogP contribution in [0.2, 0.25) is 0 Å². The number of amides is 2. The number of thiophene rings is 1. The second-order valence-corrected chi connectivity index (χ2v) is 7.74. The van der Waals surface area contributed by atoms with Gasteiger partial charge in [-0.2, -0.15) is 0 Å². The molecule has 2 amide bonds. The minimum atomic E-state index is -0.584. The average Bonchev–Trinajstić information content (AvgIpc) is 3.10. The Morgan fingerprint density at radius 2 is 2.19 bits per heavy atom. The molecular formula is C20H26N4O2S. The van der Waals surface area contributed by atoms with Gasteiger partial charge in [0.25, 0.3) is 5.91 Å². The molecule has 0 aliphatic carbocycles. The van der Waals surface area contributed by atoms with E-state index in [2.05, 4.69) is 15.6 Å². The highest BCUT2D eigenvalue weighted by atomic mass is 32.1. The molecule has 3 rings (SSSR count). The molecule has 1 fully saturated rings. The SMILES string of the molecule is CC(NC(=O)c1cccs1)C(=O)N(Cc1ccccn1)C1CCCNCC1. The number of aromatic nitrogens is 1. The van der Waals surface area contributed by atoms with E-state index in [4.69, 9.17) is 0 Å². The highest BCUT2D eigenvalue weighted by Crippen LogP contribution is 2.18. The molecule has 2 atom stereocenters. The highest BCUT2D eigenvalue weighted by molar-refractivity contribution is 7.12. The van der Waals surface area contributed by atoms with Crippen molar-refractivity contribution in [2.75, 3.05) is 13.1 Å². The zero-order valence-corrected chi connectivity index (χ0v) is 16.4. The van der Waals surface area contributed by atoms with E-state index in [1.165, 1.54) is 11.3 Å². The second-order valence-electron chi connectivity index (χ2n) is 6.79. The first kappa shape index (κ1) is 19.5. The van der Waals surface area contributed by atoms with Crippen molar-refractivity contribution in [3.63, 3.8) is 0 Å². The zero-order valence-electron chi connectivity index (χ0n) is 15.6. The van der Waals surface area contributed by atoms with Crippen molar-refractivity contribution in [3.05, 3.63) is 52.5 Å². The van der Waals surface area contributed by atoms with Crippen LogP contribution < -0.4 is 10.6 Å². The Morgan fingerprint density at radius 3 is 2.93 bits per heavy atom. The van der Waals surface area contributed by atoms with Crippen LogP contribution in [0.1, 0.15) is 41.6 Å². The summed E-state index contributed by atoms with van der Waals surface area (Å²) in [5.41, 5.74) is 0.861. The molecule has 0 spiro atoms. The Balaban J connectivity index is 1.73. The summed E-state index contributed by atoms with van der Waals surface area (Å²) in [4.78, 5) is 32.5. The number of carbonyl (C=O) groups is 2. The molecule has 2 aromatic heterocycles. The first-order chi connectivity index (χ1) is 13.1. The van der Waals surface area contributed by atoms with Crippen molar-refractivity contribution < 1.29 is 9.59 Å². The van der Waals surface area contributed by atoms with Gasteiger partial charge in [0.2, 0.25) is 5.91 Å². The summed E-state index contributed by atoms with van der Waals surface area (Å²) in [6, 6.07) is 8.90. The number of hydrogen-bond acceptors (Lipinski definition) is 5. The standard InChI is InChI=1S/C20H26N4O2S/c1-15(23-19(25)18-8-5-13-27-18)20(26)24(14-16-6-2-3-11-22-16)17-7-4-10-21-12-9-17/h2-3,5-6,8,11,13,15,17,21H,4,7,9-10,12,14H2,1H3,(H,23,25). The van der Waals surface area contributed by atoms with E-state index in [-0.39, 0.29) is 17.9 Å². The molecule has 3 heterocycles. The summed E-state index contributed by atoms with van der Waals surface area (Å²) in [6.45, 7) is 4.09. The molecule has 144 valence electrons. The van der Waals surface area contributed by atoms with Crippen LogP contribution >= 0.6 is 11.3 Å². The lowest BCUT2D eigenvalue weighted by molar-refractivity contribution is -0.136. The van der Waals surface area contributed by atoms with Crippen LogP contribution in [0.5, 0.6) is 0 Å². The van der Waals surface area contributed by atoms with Gasteiger partial charge in [-0.05, 0) is 62.9 Å². The largest absolute Gasteiger partial charge is 0.340 e. The van der Waals surface area contributed by atoms with Gasteiger partial charge in [-0.15, -0.1) is 11.3 Å². The van der Waals surface area contributed by atoms with Crippen LogP contribution in [0.3, 0.4) is 0 Å². The van der Waals surface area contributed by atoms with Crippen molar-refractivity contribution >= 4 is 23.2 Å². The summed E-state index contributed by atoms with van der Waals surface area (Å²) in [5.74, 6) is -0.261. The molecule has 1 aliphatic heterocycles. The van der Waals surface area contributed by atoms with E-state index in [9.17, 15) is 9.59 Å². The average molecular weight is 387 g/mol. The monoisotopic (exact) mass is 386 g/mol. The molecule has 0 bridgehead atoms. The van der Waals surface area contributed by atoms with E-state index in [0.717, 1.165) is 38.0 Å². The first-order valence-electron chi connectivity index (χ1n) is 9.40. The molecule has 6 nitrogen and oxygen atoms in total. The molecule has 2 unspecified atom stereocenters. The zero-order chi connectivity index (χ0) is 19.1. The summed E-state index contributed by atoms with van der Waals surface area (Å²) in [5, 5.41) is 8.09. The van der Waals surface area contributed by atoms with Crippen LogP contribution in [-0.4, -0.2) is 46.9 Å². The predicted octanol–water partition coefficient (Wildman–Crippen LogP) is 2.43. The Morgan fingerprint density at radius 1 is 1.30 bits per heavy atom. The van der Waals surface area contributed by atoms with Crippen LogP contribution in [0.15, 0.2) is 41.9 Å². The van der Waals surface area contributed by atoms with E-state index in [0.29, 0.717) is 11.4 Å². The lowest BCUT2D eigenvalue weighted by Crippen LogP contribution is -2.50.